The molecule has 0 aromatic rings. The van der Waals surface area contributed by atoms with Gasteiger partial charge in [0.1, 0.15) is 0 Å². The van der Waals surface area contributed by atoms with Gasteiger partial charge in [0.2, 0.25) is 5.91 Å². The van der Waals surface area contributed by atoms with Crippen molar-refractivity contribution in [3.8, 4) is 0 Å². The molecule has 16 heavy (non-hydrogen) atoms. The Morgan fingerprint density at radius 2 is 2.31 bits per heavy atom. The van der Waals surface area contributed by atoms with Gasteiger partial charge in [-0.05, 0) is 19.9 Å². The quantitative estimate of drug-likeness (QED) is 0.575. The maximum Gasteiger partial charge on any atom is 0.328 e. The zero-order valence-electron chi connectivity index (χ0n) is 9.53. The topological polar surface area (TPSA) is 87.7 Å². The minimum absolute atomic E-state index is 0.0183. The lowest BCUT2D eigenvalue weighted by Gasteiger charge is -2.18. The molecule has 0 spiro atoms. The highest BCUT2D eigenvalue weighted by molar-refractivity contribution is 5.85. The first kappa shape index (κ1) is 12.9. The third kappa shape index (κ3) is 3.18. The zero-order chi connectivity index (χ0) is 12.1. The molecule has 3 unspecified atom stereocenters. The molecular formula is C10H18N2O4. The second-order valence-electron chi connectivity index (χ2n) is 3.99. The third-order valence-electron chi connectivity index (χ3n) is 2.81. The molecule has 1 aliphatic rings. The summed E-state index contributed by atoms with van der Waals surface area (Å²) in [5.74, 6) is -1.45. The molecule has 0 aliphatic carbocycles. The second kappa shape index (κ2) is 5.81. The Balaban J connectivity index is 2.50. The van der Waals surface area contributed by atoms with E-state index in [4.69, 9.17) is 9.84 Å². The highest BCUT2D eigenvalue weighted by atomic mass is 16.5. The smallest absolute Gasteiger partial charge is 0.328 e. The van der Waals surface area contributed by atoms with E-state index >= 15 is 0 Å². The molecule has 0 aromatic carbocycles. The van der Waals surface area contributed by atoms with Crippen LogP contribution < -0.4 is 10.6 Å². The number of ether oxygens (including phenoxy) is 1. The predicted molar refractivity (Wildman–Crippen MR) is 57.0 cm³/mol. The highest BCUT2D eigenvalue weighted by Gasteiger charge is 2.31. The fourth-order valence-corrected chi connectivity index (χ4v) is 1.84. The van der Waals surface area contributed by atoms with Crippen LogP contribution in [0.1, 0.15) is 13.3 Å². The summed E-state index contributed by atoms with van der Waals surface area (Å²) in [5.41, 5.74) is 0. The maximum absolute atomic E-state index is 11.8. The summed E-state index contributed by atoms with van der Waals surface area (Å²) in [4.78, 5) is 22.6. The Bertz CT molecular complexity index is 270. The lowest BCUT2D eigenvalue weighted by atomic mass is 10.0. The van der Waals surface area contributed by atoms with Gasteiger partial charge in [0.15, 0.2) is 6.04 Å². The molecule has 1 rings (SSSR count). The SMILES string of the molecule is COCC(NC(=O)C1CCNC1C)C(=O)O. The Morgan fingerprint density at radius 3 is 2.75 bits per heavy atom. The third-order valence-corrected chi connectivity index (χ3v) is 2.81. The second-order valence-corrected chi connectivity index (χ2v) is 3.99. The minimum Gasteiger partial charge on any atom is -0.480 e. The van der Waals surface area contributed by atoms with Crippen LogP contribution in [-0.4, -0.2) is 49.3 Å². The van der Waals surface area contributed by atoms with Crippen molar-refractivity contribution in [2.24, 2.45) is 5.92 Å². The minimum atomic E-state index is -1.08. The van der Waals surface area contributed by atoms with Gasteiger partial charge in [-0.15, -0.1) is 0 Å². The van der Waals surface area contributed by atoms with Crippen molar-refractivity contribution in [1.29, 1.82) is 0 Å². The van der Waals surface area contributed by atoms with Crippen molar-refractivity contribution in [3.05, 3.63) is 0 Å². The summed E-state index contributed by atoms with van der Waals surface area (Å²) in [6.07, 6.45) is 0.742. The number of rotatable bonds is 5. The van der Waals surface area contributed by atoms with Crippen molar-refractivity contribution in [3.63, 3.8) is 0 Å². The van der Waals surface area contributed by atoms with Gasteiger partial charge < -0.3 is 20.5 Å². The Hall–Kier alpha value is -1.14. The molecule has 0 aromatic heterocycles. The number of carboxylic acids is 1. The first-order valence-electron chi connectivity index (χ1n) is 5.31. The van der Waals surface area contributed by atoms with Crippen LogP contribution in [0.3, 0.4) is 0 Å². The molecule has 3 atom stereocenters. The van der Waals surface area contributed by atoms with Crippen LogP contribution in [0.15, 0.2) is 0 Å². The van der Waals surface area contributed by atoms with Crippen LogP contribution in [0.4, 0.5) is 0 Å². The number of nitrogens with one attached hydrogen (secondary N) is 2. The largest absolute Gasteiger partial charge is 0.480 e. The normalized spacial score (nSPS) is 26.4. The van der Waals surface area contributed by atoms with E-state index in [9.17, 15) is 9.59 Å². The number of hydrogen-bond donors (Lipinski definition) is 3. The van der Waals surface area contributed by atoms with Gasteiger partial charge in [0.25, 0.3) is 0 Å². The van der Waals surface area contributed by atoms with Crippen LogP contribution in [0.5, 0.6) is 0 Å². The average molecular weight is 230 g/mol. The van der Waals surface area contributed by atoms with Gasteiger partial charge in [0.05, 0.1) is 12.5 Å². The zero-order valence-corrected chi connectivity index (χ0v) is 9.53. The van der Waals surface area contributed by atoms with Gasteiger partial charge in [0, 0.05) is 13.2 Å². The molecule has 1 saturated heterocycles. The summed E-state index contributed by atoms with van der Waals surface area (Å²) in [5, 5.41) is 14.5. The van der Waals surface area contributed by atoms with Gasteiger partial charge in [-0.2, -0.15) is 0 Å². The van der Waals surface area contributed by atoms with E-state index < -0.39 is 12.0 Å². The molecule has 1 heterocycles. The van der Waals surface area contributed by atoms with Crippen molar-refractivity contribution in [2.45, 2.75) is 25.4 Å². The number of carbonyl (C=O) groups excluding carboxylic acids is 1. The van der Waals surface area contributed by atoms with Crippen molar-refractivity contribution in [1.82, 2.24) is 10.6 Å². The summed E-state index contributed by atoms with van der Waals surface area (Å²) in [6.45, 7) is 2.69. The number of aliphatic carboxylic acids is 1. The van der Waals surface area contributed by atoms with Crippen molar-refractivity contribution in [2.75, 3.05) is 20.3 Å². The van der Waals surface area contributed by atoms with Crippen LogP contribution in [0.25, 0.3) is 0 Å². The maximum atomic E-state index is 11.8. The van der Waals surface area contributed by atoms with Crippen LogP contribution >= 0.6 is 0 Å². The lowest BCUT2D eigenvalue weighted by Crippen LogP contribution is -2.47. The summed E-state index contributed by atoms with van der Waals surface area (Å²) in [7, 11) is 1.40. The van der Waals surface area contributed by atoms with Crippen LogP contribution in [-0.2, 0) is 14.3 Å². The molecule has 1 fully saturated rings. The molecule has 0 saturated carbocycles. The molecule has 0 radical (unpaired) electrons. The van der Waals surface area contributed by atoms with Crippen molar-refractivity contribution >= 4 is 11.9 Å². The fourth-order valence-electron chi connectivity index (χ4n) is 1.84. The van der Waals surface area contributed by atoms with Crippen LogP contribution in [0, 0.1) is 5.92 Å². The summed E-state index contributed by atoms with van der Waals surface area (Å²) >= 11 is 0. The number of hydrogen-bond acceptors (Lipinski definition) is 4. The molecule has 6 heteroatoms. The first-order valence-corrected chi connectivity index (χ1v) is 5.31. The standard InChI is InChI=1S/C10H18N2O4/c1-6-7(3-4-11-6)9(13)12-8(5-16-2)10(14)15/h6-8,11H,3-5H2,1-2H3,(H,12,13)(H,14,15). The molecular weight excluding hydrogens is 212 g/mol. The van der Waals surface area contributed by atoms with E-state index in [0.717, 1.165) is 13.0 Å². The van der Waals surface area contributed by atoms with Crippen LogP contribution in [0.2, 0.25) is 0 Å². The summed E-state index contributed by atoms with van der Waals surface area (Å²) < 4.78 is 4.74. The molecule has 3 N–H and O–H groups in total. The molecule has 0 bridgehead atoms. The molecule has 6 nitrogen and oxygen atoms in total. The van der Waals surface area contributed by atoms with E-state index in [1.807, 2.05) is 6.92 Å². The number of carboxylic acid groups (broad SMARTS) is 1. The van der Waals surface area contributed by atoms with E-state index in [-0.39, 0.29) is 24.5 Å². The molecule has 1 amide bonds. The average Bonchev–Trinajstić information content (AvgIpc) is 2.63. The number of carbonyl (C=O) groups is 2. The lowest BCUT2D eigenvalue weighted by molar-refractivity contribution is -0.144. The Morgan fingerprint density at radius 1 is 1.62 bits per heavy atom. The predicted octanol–water partition coefficient (Wildman–Crippen LogP) is -0.800. The fraction of sp³-hybridized carbons (Fsp3) is 0.800. The summed E-state index contributed by atoms with van der Waals surface area (Å²) in [6, 6.07) is -0.873. The Kier molecular flexibility index (Phi) is 4.70. The van der Waals surface area contributed by atoms with Gasteiger partial charge in [-0.25, -0.2) is 4.79 Å². The van der Waals surface area contributed by atoms with E-state index in [2.05, 4.69) is 10.6 Å². The first-order chi connectivity index (χ1) is 7.56. The van der Waals surface area contributed by atoms with Gasteiger partial charge in [-0.1, -0.05) is 0 Å². The Labute approximate surface area is 94.3 Å². The van der Waals surface area contributed by atoms with Crippen molar-refractivity contribution < 1.29 is 19.4 Å². The molecule has 92 valence electrons. The van der Waals surface area contributed by atoms with E-state index in [0.29, 0.717) is 0 Å². The number of amides is 1. The van der Waals surface area contributed by atoms with Gasteiger partial charge in [-0.3, -0.25) is 4.79 Å². The number of methoxy groups -OCH3 is 1. The molecule has 1 aliphatic heterocycles. The van der Waals surface area contributed by atoms with Gasteiger partial charge >= 0.3 is 5.97 Å². The monoisotopic (exact) mass is 230 g/mol. The van der Waals surface area contributed by atoms with E-state index in [1.165, 1.54) is 7.11 Å². The highest BCUT2D eigenvalue weighted by Crippen LogP contribution is 2.15. The van der Waals surface area contributed by atoms with E-state index in [1.54, 1.807) is 0 Å².